The molecule has 1 fully saturated rings. The van der Waals surface area contributed by atoms with Crippen molar-refractivity contribution in [2.24, 2.45) is 5.11 Å². The molecule has 0 bridgehead atoms. The van der Waals surface area contributed by atoms with E-state index in [-0.39, 0.29) is 0 Å². The van der Waals surface area contributed by atoms with E-state index in [1.807, 2.05) is 18.2 Å². The van der Waals surface area contributed by atoms with E-state index in [9.17, 15) is 0 Å². The van der Waals surface area contributed by atoms with E-state index in [4.69, 9.17) is 5.53 Å². The van der Waals surface area contributed by atoms with Gasteiger partial charge in [0.25, 0.3) is 0 Å². The molecule has 1 saturated heterocycles. The average Bonchev–Trinajstić information content (AvgIpc) is 2.73. The van der Waals surface area contributed by atoms with Crippen molar-refractivity contribution < 1.29 is 0 Å². The Hall–Kier alpha value is -1.74. The molecule has 0 unspecified atom stereocenters. The third-order valence-electron chi connectivity index (χ3n) is 2.94. The average molecular weight is 217 g/mol. The van der Waals surface area contributed by atoms with Crippen molar-refractivity contribution in [1.82, 2.24) is 4.98 Å². The summed E-state index contributed by atoms with van der Waals surface area (Å²) in [6.07, 6.45) is 2.45. The van der Waals surface area contributed by atoms with Gasteiger partial charge >= 0.3 is 0 Å². The number of azide groups is 1. The van der Waals surface area contributed by atoms with Crippen LogP contribution in [0.1, 0.15) is 25.5 Å². The van der Waals surface area contributed by atoms with Crippen LogP contribution >= 0.6 is 0 Å². The van der Waals surface area contributed by atoms with Gasteiger partial charge < -0.3 is 4.90 Å². The molecule has 0 radical (unpaired) electrons. The molecule has 1 atom stereocenters. The molecule has 0 amide bonds. The van der Waals surface area contributed by atoms with Gasteiger partial charge in [0.2, 0.25) is 0 Å². The molecule has 5 heteroatoms. The molecule has 1 aromatic rings. The minimum atomic E-state index is 0.326. The molecule has 2 rings (SSSR count). The van der Waals surface area contributed by atoms with Gasteiger partial charge in [-0.1, -0.05) is 11.2 Å². The number of rotatable bonds is 3. The van der Waals surface area contributed by atoms with Gasteiger partial charge in [0, 0.05) is 23.2 Å². The first kappa shape index (κ1) is 10.8. The second kappa shape index (κ2) is 4.86. The van der Waals surface area contributed by atoms with E-state index < -0.39 is 0 Å². The standard InChI is InChI=1S/C11H15N5/c1-9-4-3-7-16(9)11-6-2-5-10(14-11)8-13-15-12/h2,5-6,9H,3-4,7-8H2,1H3/t9-/m1/s1. The van der Waals surface area contributed by atoms with E-state index in [0.717, 1.165) is 18.1 Å². The quantitative estimate of drug-likeness (QED) is 0.444. The van der Waals surface area contributed by atoms with Crippen LogP contribution in [0.2, 0.25) is 0 Å². The molecule has 0 saturated carbocycles. The lowest BCUT2D eigenvalue weighted by Crippen LogP contribution is -2.27. The fourth-order valence-electron chi connectivity index (χ4n) is 2.09. The molecule has 0 spiro atoms. The van der Waals surface area contributed by atoms with Crippen molar-refractivity contribution in [1.29, 1.82) is 0 Å². The Morgan fingerprint density at radius 2 is 2.50 bits per heavy atom. The highest BCUT2D eigenvalue weighted by atomic mass is 15.2. The summed E-state index contributed by atoms with van der Waals surface area (Å²) in [5.74, 6) is 0.996. The van der Waals surface area contributed by atoms with Crippen molar-refractivity contribution in [2.45, 2.75) is 32.4 Å². The minimum Gasteiger partial charge on any atom is -0.354 e. The minimum absolute atomic E-state index is 0.326. The van der Waals surface area contributed by atoms with E-state index in [0.29, 0.717) is 12.6 Å². The van der Waals surface area contributed by atoms with Gasteiger partial charge in [0.1, 0.15) is 5.82 Å². The maximum absolute atomic E-state index is 8.27. The highest BCUT2D eigenvalue weighted by Gasteiger charge is 2.21. The molecule has 16 heavy (non-hydrogen) atoms. The van der Waals surface area contributed by atoms with E-state index in [1.54, 1.807) is 0 Å². The number of hydrogen-bond donors (Lipinski definition) is 0. The molecule has 2 heterocycles. The molecule has 1 aromatic heterocycles. The normalized spacial score (nSPS) is 19.6. The highest BCUT2D eigenvalue weighted by molar-refractivity contribution is 5.41. The smallest absolute Gasteiger partial charge is 0.129 e. The van der Waals surface area contributed by atoms with E-state index in [1.165, 1.54) is 12.8 Å². The molecule has 1 aliphatic rings. The molecular weight excluding hydrogens is 202 g/mol. The van der Waals surface area contributed by atoms with Crippen molar-refractivity contribution >= 4 is 5.82 Å². The predicted molar refractivity (Wildman–Crippen MR) is 63.1 cm³/mol. The first-order valence-electron chi connectivity index (χ1n) is 5.54. The summed E-state index contributed by atoms with van der Waals surface area (Å²) in [4.78, 5) is 9.55. The molecule has 5 nitrogen and oxygen atoms in total. The lowest BCUT2D eigenvalue weighted by molar-refractivity contribution is 0.724. The zero-order valence-corrected chi connectivity index (χ0v) is 9.37. The third-order valence-corrected chi connectivity index (χ3v) is 2.94. The maximum Gasteiger partial charge on any atom is 0.129 e. The van der Waals surface area contributed by atoms with Gasteiger partial charge in [-0.05, 0) is 37.4 Å². The van der Waals surface area contributed by atoms with Crippen LogP contribution in [0.4, 0.5) is 5.82 Å². The van der Waals surface area contributed by atoms with Gasteiger partial charge in [-0.25, -0.2) is 4.98 Å². The first-order valence-corrected chi connectivity index (χ1v) is 5.54. The van der Waals surface area contributed by atoms with E-state index in [2.05, 4.69) is 26.8 Å². The van der Waals surface area contributed by atoms with Gasteiger partial charge in [-0.15, -0.1) is 0 Å². The van der Waals surface area contributed by atoms with Crippen molar-refractivity contribution in [3.63, 3.8) is 0 Å². The second-order valence-corrected chi connectivity index (χ2v) is 4.06. The number of anilines is 1. The second-order valence-electron chi connectivity index (χ2n) is 4.06. The Morgan fingerprint density at radius 1 is 1.62 bits per heavy atom. The first-order chi connectivity index (χ1) is 7.81. The summed E-state index contributed by atoms with van der Waals surface area (Å²) in [6.45, 7) is 3.61. The van der Waals surface area contributed by atoms with Crippen molar-refractivity contribution in [2.75, 3.05) is 11.4 Å². The maximum atomic E-state index is 8.27. The largest absolute Gasteiger partial charge is 0.354 e. The van der Waals surface area contributed by atoms with Crippen molar-refractivity contribution in [3.8, 4) is 0 Å². The van der Waals surface area contributed by atoms with Crippen LogP contribution in [0.5, 0.6) is 0 Å². The molecular formula is C11H15N5. The molecule has 0 N–H and O–H groups in total. The Morgan fingerprint density at radius 3 is 3.19 bits per heavy atom. The summed E-state index contributed by atoms with van der Waals surface area (Å²) in [7, 11) is 0. The summed E-state index contributed by atoms with van der Waals surface area (Å²) in [5.41, 5.74) is 9.10. The highest BCUT2D eigenvalue weighted by Crippen LogP contribution is 2.23. The number of aromatic nitrogens is 1. The lowest BCUT2D eigenvalue weighted by atomic mass is 10.2. The fraction of sp³-hybridized carbons (Fsp3) is 0.545. The Bertz CT molecular complexity index is 411. The van der Waals surface area contributed by atoms with Crippen LogP contribution in [0.3, 0.4) is 0 Å². The van der Waals surface area contributed by atoms with Crippen LogP contribution in [-0.2, 0) is 6.54 Å². The van der Waals surface area contributed by atoms with Gasteiger partial charge in [0.05, 0.1) is 6.54 Å². The predicted octanol–water partition coefficient (Wildman–Crippen LogP) is 2.88. The Kier molecular flexibility index (Phi) is 3.27. The SMILES string of the molecule is C[C@@H]1CCCN1c1cccc(CN=[N+]=[N-])n1. The number of nitrogens with zero attached hydrogens (tertiary/aromatic N) is 5. The van der Waals surface area contributed by atoms with Crippen molar-refractivity contribution in [3.05, 3.63) is 34.3 Å². The Balaban J connectivity index is 2.18. The van der Waals surface area contributed by atoms with Crippen LogP contribution in [-0.4, -0.2) is 17.6 Å². The molecule has 0 aliphatic carbocycles. The molecule has 84 valence electrons. The van der Waals surface area contributed by atoms with Crippen LogP contribution in [0.25, 0.3) is 10.4 Å². The topological polar surface area (TPSA) is 64.9 Å². The summed E-state index contributed by atoms with van der Waals surface area (Å²) in [5, 5.41) is 3.53. The van der Waals surface area contributed by atoms with E-state index >= 15 is 0 Å². The summed E-state index contributed by atoms with van der Waals surface area (Å²) >= 11 is 0. The van der Waals surface area contributed by atoms with Crippen LogP contribution in [0, 0.1) is 0 Å². The fourth-order valence-corrected chi connectivity index (χ4v) is 2.09. The Labute approximate surface area is 94.7 Å². The summed E-state index contributed by atoms with van der Waals surface area (Å²) in [6, 6.07) is 6.43. The van der Waals surface area contributed by atoms with Gasteiger partial charge in [0.15, 0.2) is 0 Å². The zero-order chi connectivity index (χ0) is 11.4. The van der Waals surface area contributed by atoms with Gasteiger partial charge in [-0.2, -0.15) is 0 Å². The van der Waals surface area contributed by atoms with Crippen LogP contribution in [0.15, 0.2) is 23.3 Å². The molecule has 0 aromatic carbocycles. The molecule has 1 aliphatic heterocycles. The lowest BCUT2D eigenvalue weighted by Gasteiger charge is -2.22. The number of pyridine rings is 1. The van der Waals surface area contributed by atoms with Gasteiger partial charge in [-0.3, -0.25) is 0 Å². The number of hydrogen-bond acceptors (Lipinski definition) is 3. The summed E-state index contributed by atoms with van der Waals surface area (Å²) < 4.78 is 0. The van der Waals surface area contributed by atoms with Crippen LogP contribution < -0.4 is 4.90 Å². The third kappa shape index (κ3) is 2.25. The monoisotopic (exact) mass is 217 g/mol. The zero-order valence-electron chi connectivity index (χ0n) is 9.37.